The van der Waals surface area contributed by atoms with Crippen molar-refractivity contribution in [1.29, 1.82) is 0 Å². The first kappa shape index (κ1) is 23.6. The molecule has 36 heavy (non-hydrogen) atoms. The van der Waals surface area contributed by atoms with Gasteiger partial charge < -0.3 is 14.4 Å². The maximum Gasteiger partial charge on any atom is 0.257 e. The summed E-state index contributed by atoms with van der Waals surface area (Å²) in [5.41, 5.74) is 2.96. The van der Waals surface area contributed by atoms with Crippen LogP contribution in [-0.4, -0.2) is 76.9 Å². The molecule has 3 heterocycles. The molecule has 8 heteroatoms. The summed E-state index contributed by atoms with van der Waals surface area (Å²) < 4.78 is 12.8. The fourth-order valence-corrected chi connectivity index (χ4v) is 4.27. The summed E-state index contributed by atoms with van der Waals surface area (Å²) in [7, 11) is 1.65. The largest absolute Gasteiger partial charge is 0.497 e. The van der Waals surface area contributed by atoms with E-state index >= 15 is 0 Å². The highest BCUT2D eigenvalue weighted by Gasteiger charge is 2.26. The van der Waals surface area contributed by atoms with Crippen LogP contribution in [0.4, 0.5) is 0 Å². The minimum atomic E-state index is -0.00910. The predicted octanol–water partition coefficient (Wildman–Crippen LogP) is 3.78. The van der Waals surface area contributed by atoms with Crippen LogP contribution in [0.25, 0.3) is 16.9 Å². The van der Waals surface area contributed by atoms with Crippen LogP contribution >= 0.6 is 0 Å². The molecule has 4 aromatic rings. The van der Waals surface area contributed by atoms with Crippen LogP contribution in [0.5, 0.6) is 11.5 Å². The molecular weight excluding hydrogens is 454 g/mol. The van der Waals surface area contributed by atoms with Crippen molar-refractivity contribution < 1.29 is 14.3 Å². The van der Waals surface area contributed by atoms with Gasteiger partial charge in [-0.15, -0.1) is 0 Å². The van der Waals surface area contributed by atoms with Gasteiger partial charge in [0, 0.05) is 56.9 Å². The van der Waals surface area contributed by atoms with E-state index in [9.17, 15) is 4.79 Å². The molecule has 0 bridgehead atoms. The number of aromatic nitrogens is 3. The van der Waals surface area contributed by atoms with E-state index in [2.05, 4.69) is 9.88 Å². The quantitative estimate of drug-likeness (QED) is 0.380. The van der Waals surface area contributed by atoms with Gasteiger partial charge in [0.2, 0.25) is 0 Å². The van der Waals surface area contributed by atoms with E-state index in [4.69, 9.17) is 14.6 Å². The van der Waals surface area contributed by atoms with Crippen molar-refractivity contribution in [3.05, 3.63) is 90.9 Å². The van der Waals surface area contributed by atoms with E-state index in [0.29, 0.717) is 31.0 Å². The zero-order valence-electron chi connectivity index (χ0n) is 20.3. The molecule has 5 rings (SSSR count). The molecule has 1 fully saturated rings. The van der Waals surface area contributed by atoms with Gasteiger partial charge >= 0.3 is 0 Å². The molecule has 0 spiro atoms. The summed E-state index contributed by atoms with van der Waals surface area (Å²) in [5, 5.41) is 4.76. The van der Waals surface area contributed by atoms with Crippen LogP contribution in [-0.2, 0) is 0 Å². The van der Waals surface area contributed by atoms with Crippen LogP contribution in [0.1, 0.15) is 10.4 Å². The highest BCUT2D eigenvalue weighted by molar-refractivity contribution is 6.00. The fraction of sp³-hybridized carbons (Fsp3) is 0.250. The van der Waals surface area contributed by atoms with Crippen molar-refractivity contribution >= 4 is 5.91 Å². The third-order valence-electron chi connectivity index (χ3n) is 6.30. The van der Waals surface area contributed by atoms with Crippen molar-refractivity contribution in [2.24, 2.45) is 0 Å². The highest BCUT2D eigenvalue weighted by atomic mass is 16.5. The van der Waals surface area contributed by atoms with E-state index in [1.807, 2.05) is 77.8 Å². The second-order valence-corrected chi connectivity index (χ2v) is 8.57. The average molecular weight is 484 g/mol. The van der Waals surface area contributed by atoms with Gasteiger partial charge in [0.05, 0.1) is 18.4 Å². The topological polar surface area (TPSA) is 72.7 Å². The Labute approximate surface area is 210 Å². The van der Waals surface area contributed by atoms with Gasteiger partial charge in [-0.05, 0) is 48.5 Å². The smallest absolute Gasteiger partial charge is 0.257 e. The van der Waals surface area contributed by atoms with Gasteiger partial charge in [-0.25, -0.2) is 4.68 Å². The number of pyridine rings is 1. The Balaban J connectivity index is 1.22. The number of para-hydroxylation sites is 1. The molecule has 184 valence electrons. The number of hydrogen-bond donors (Lipinski definition) is 0. The maximum atomic E-state index is 13.6. The lowest BCUT2D eigenvalue weighted by Crippen LogP contribution is -2.49. The van der Waals surface area contributed by atoms with E-state index in [1.165, 1.54) is 0 Å². The molecule has 1 saturated heterocycles. The number of ether oxygens (including phenoxy) is 2. The SMILES string of the molecule is COc1ccc(OCCN2CCN(C(=O)c3cn(-c4ccccc4)nc3-c3cccnc3)CC2)cc1. The average Bonchev–Trinajstić information content (AvgIpc) is 3.40. The number of nitrogens with zero attached hydrogens (tertiary/aromatic N) is 5. The first-order valence-corrected chi connectivity index (χ1v) is 12.1. The predicted molar refractivity (Wildman–Crippen MR) is 138 cm³/mol. The van der Waals surface area contributed by atoms with Gasteiger partial charge in [-0.1, -0.05) is 18.2 Å². The van der Waals surface area contributed by atoms with Gasteiger partial charge in [-0.2, -0.15) is 5.10 Å². The first-order chi connectivity index (χ1) is 17.7. The van der Waals surface area contributed by atoms with Crippen molar-refractivity contribution in [3.8, 4) is 28.4 Å². The van der Waals surface area contributed by atoms with Crippen LogP contribution in [0.2, 0.25) is 0 Å². The molecule has 1 aliphatic heterocycles. The van der Waals surface area contributed by atoms with Crippen molar-refractivity contribution in [1.82, 2.24) is 24.6 Å². The number of carbonyl (C=O) groups is 1. The standard InChI is InChI=1S/C28H29N5O3/c1-35-24-9-11-25(12-10-24)36-19-18-31-14-16-32(17-15-31)28(34)26-21-33(23-7-3-2-4-8-23)30-27(26)22-6-5-13-29-20-22/h2-13,20-21H,14-19H2,1H3. The number of methoxy groups -OCH3 is 1. The van der Waals surface area contributed by atoms with Gasteiger partial charge in [0.25, 0.3) is 5.91 Å². The second-order valence-electron chi connectivity index (χ2n) is 8.57. The Hall–Kier alpha value is -4.17. The molecule has 1 amide bonds. The zero-order valence-corrected chi connectivity index (χ0v) is 20.3. The van der Waals surface area contributed by atoms with Gasteiger partial charge in [0.1, 0.15) is 23.8 Å². The minimum Gasteiger partial charge on any atom is -0.497 e. The molecule has 2 aromatic heterocycles. The molecule has 0 aliphatic carbocycles. The molecule has 0 N–H and O–H groups in total. The molecule has 1 aliphatic rings. The summed E-state index contributed by atoms with van der Waals surface area (Å²) in [6.07, 6.45) is 5.29. The molecule has 8 nitrogen and oxygen atoms in total. The van der Waals surface area contributed by atoms with E-state index in [-0.39, 0.29) is 5.91 Å². The highest BCUT2D eigenvalue weighted by Crippen LogP contribution is 2.25. The Morgan fingerprint density at radius 2 is 1.67 bits per heavy atom. The van der Waals surface area contributed by atoms with Gasteiger partial charge in [0.15, 0.2) is 0 Å². The van der Waals surface area contributed by atoms with Crippen molar-refractivity contribution in [2.75, 3.05) is 46.4 Å². The summed E-state index contributed by atoms with van der Waals surface area (Å²) in [6, 6.07) is 21.2. The Kier molecular flexibility index (Phi) is 7.23. The summed E-state index contributed by atoms with van der Waals surface area (Å²) in [6.45, 7) is 4.31. The third kappa shape index (κ3) is 5.39. The monoisotopic (exact) mass is 483 g/mol. The summed E-state index contributed by atoms with van der Waals surface area (Å²) >= 11 is 0. The number of hydrogen-bond acceptors (Lipinski definition) is 6. The van der Waals surface area contributed by atoms with Crippen LogP contribution in [0.3, 0.4) is 0 Å². The van der Waals surface area contributed by atoms with Crippen LogP contribution in [0, 0.1) is 0 Å². The maximum absolute atomic E-state index is 13.6. The molecule has 0 atom stereocenters. The molecule has 0 radical (unpaired) electrons. The number of amides is 1. The van der Waals surface area contributed by atoms with Crippen molar-refractivity contribution in [3.63, 3.8) is 0 Å². The van der Waals surface area contributed by atoms with E-state index in [1.54, 1.807) is 24.2 Å². The normalized spacial score (nSPS) is 14.0. The third-order valence-corrected chi connectivity index (χ3v) is 6.30. The van der Waals surface area contributed by atoms with Crippen LogP contribution in [0.15, 0.2) is 85.3 Å². The number of carbonyl (C=O) groups excluding carboxylic acids is 1. The summed E-state index contributed by atoms with van der Waals surface area (Å²) in [5.74, 6) is 1.62. The van der Waals surface area contributed by atoms with E-state index < -0.39 is 0 Å². The molecule has 0 unspecified atom stereocenters. The first-order valence-electron chi connectivity index (χ1n) is 12.1. The number of rotatable bonds is 8. The summed E-state index contributed by atoms with van der Waals surface area (Å²) in [4.78, 5) is 22.1. The number of benzene rings is 2. The zero-order chi connectivity index (χ0) is 24.7. The van der Waals surface area contributed by atoms with Crippen LogP contribution < -0.4 is 9.47 Å². The Morgan fingerprint density at radius 3 is 2.36 bits per heavy atom. The Bertz CT molecular complexity index is 1270. The Morgan fingerprint density at radius 1 is 0.917 bits per heavy atom. The molecular formula is C28H29N5O3. The lowest BCUT2D eigenvalue weighted by molar-refractivity contribution is 0.0621. The number of piperazine rings is 1. The van der Waals surface area contributed by atoms with E-state index in [0.717, 1.165) is 42.4 Å². The minimum absolute atomic E-state index is 0.00910. The molecule has 0 saturated carbocycles. The van der Waals surface area contributed by atoms with Crippen molar-refractivity contribution in [2.45, 2.75) is 0 Å². The lowest BCUT2D eigenvalue weighted by Gasteiger charge is -2.34. The van der Waals surface area contributed by atoms with Gasteiger partial charge in [-0.3, -0.25) is 14.7 Å². The second kappa shape index (κ2) is 11.0. The fourth-order valence-electron chi connectivity index (χ4n) is 4.27. The molecule has 2 aromatic carbocycles. The lowest BCUT2D eigenvalue weighted by atomic mass is 10.1.